The van der Waals surface area contributed by atoms with Gasteiger partial charge in [-0.2, -0.15) is 9.49 Å². The molecule has 9 heteroatoms. The van der Waals surface area contributed by atoms with Gasteiger partial charge in [0.1, 0.15) is 11.5 Å². The van der Waals surface area contributed by atoms with Crippen LogP contribution in [0, 0.1) is 10.9 Å². The molecule has 0 saturated carbocycles. The normalized spacial score (nSPS) is 11.4. The van der Waals surface area contributed by atoms with Gasteiger partial charge in [0.15, 0.2) is 0 Å². The molecule has 0 atom stereocenters. The van der Waals surface area contributed by atoms with Crippen LogP contribution in [0.1, 0.15) is 29.8 Å². The first kappa shape index (κ1) is 20.9. The van der Waals surface area contributed by atoms with Gasteiger partial charge in [-0.1, -0.05) is 41.1 Å². The number of carboxylic acid groups (broad SMARTS) is 1. The zero-order valence-corrected chi connectivity index (χ0v) is 17.0. The number of anilines is 1. The molecule has 5 nitrogen and oxygen atoms in total. The first-order valence-electron chi connectivity index (χ1n) is 8.55. The maximum atomic E-state index is 14.6. The van der Waals surface area contributed by atoms with Gasteiger partial charge in [-0.3, -0.25) is 0 Å². The van der Waals surface area contributed by atoms with E-state index in [0.717, 1.165) is 23.5 Å². The number of nitrogens with zero attached hydrogens (tertiary/aromatic N) is 3. The van der Waals surface area contributed by atoms with E-state index in [9.17, 15) is 18.7 Å². The van der Waals surface area contributed by atoms with E-state index in [2.05, 4.69) is 10.1 Å². The Bertz CT molecular complexity index is 1090. The average Bonchev–Trinajstić information content (AvgIpc) is 3.04. The second-order valence-corrected chi connectivity index (χ2v) is 7.65. The molecule has 2 aromatic carbocycles. The number of rotatable bonds is 6. The first-order chi connectivity index (χ1) is 13.8. The molecule has 0 aliphatic heterocycles. The maximum absolute atomic E-state index is 14.6. The summed E-state index contributed by atoms with van der Waals surface area (Å²) in [6.45, 7) is 3.66. The highest BCUT2D eigenvalue weighted by atomic mass is 35.5. The van der Waals surface area contributed by atoms with Crippen molar-refractivity contribution in [3.8, 4) is 11.3 Å². The van der Waals surface area contributed by atoms with E-state index in [-0.39, 0.29) is 28.0 Å². The van der Waals surface area contributed by atoms with E-state index in [1.807, 2.05) is 13.8 Å². The van der Waals surface area contributed by atoms with Crippen molar-refractivity contribution in [3.05, 3.63) is 69.6 Å². The highest BCUT2D eigenvalue weighted by Crippen LogP contribution is 2.35. The second kappa shape index (κ2) is 8.67. The molecule has 3 aromatic rings. The fourth-order valence-corrected chi connectivity index (χ4v) is 3.69. The van der Waals surface area contributed by atoms with Gasteiger partial charge >= 0.3 is 5.97 Å². The van der Waals surface area contributed by atoms with Gasteiger partial charge in [-0.15, -0.1) is 0 Å². The lowest BCUT2D eigenvalue weighted by Crippen LogP contribution is -2.25. The van der Waals surface area contributed by atoms with Crippen molar-refractivity contribution in [1.29, 1.82) is 0 Å². The standard InChI is InChI=1S/C20H16ClF2N3O2S/c1-11(2)26(24-10-12-7-8-13(22)9-15(12)19(27)28)20-25-17(18(23)29-20)14-5-3-4-6-16(14)21/h3-11H,1-2H3,(H,27,28)/b24-10+. The lowest BCUT2D eigenvalue weighted by Gasteiger charge is -2.19. The van der Waals surface area contributed by atoms with Crippen LogP contribution < -0.4 is 5.01 Å². The third kappa shape index (κ3) is 4.60. The van der Waals surface area contributed by atoms with E-state index in [4.69, 9.17) is 11.6 Å². The van der Waals surface area contributed by atoms with Crippen LogP contribution in [0.25, 0.3) is 11.3 Å². The zero-order valence-electron chi connectivity index (χ0n) is 15.4. The molecule has 0 aliphatic rings. The van der Waals surface area contributed by atoms with E-state index >= 15 is 0 Å². The molecule has 0 spiro atoms. The summed E-state index contributed by atoms with van der Waals surface area (Å²) in [4.78, 5) is 15.7. The molecule has 1 heterocycles. The first-order valence-corrected chi connectivity index (χ1v) is 9.74. The van der Waals surface area contributed by atoms with Crippen LogP contribution in [0.4, 0.5) is 13.9 Å². The number of hydrogen-bond donors (Lipinski definition) is 1. The summed E-state index contributed by atoms with van der Waals surface area (Å²) in [5, 5.41) is 15.1. The minimum absolute atomic E-state index is 0.115. The molecular weight excluding hydrogens is 420 g/mol. The number of carbonyl (C=O) groups is 1. The van der Waals surface area contributed by atoms with Crippen molar-refractivity contribution >= 4 is 40.3 Å². The van der Waals surface area contributed by atoms with Gasteiger partial charge in [0.25, 0.3) is 0 Å². The molecule has 150 valence electrons. The van der Waals surface area contributed by atoms with Crippen LogP contribution in [0.15, 0.2) is 47.6 Å². The Morgan fingerprint density at radius 1 is 1.28 bits per heavy atom. The van der Waals surface area contributed by atoms with Gasteiger partial charge in [0, 0.05) is 17.2 Å². The van der Waals surface area contributed by atoms with Gasteiger partial charge in [0.05, 0.1) is 16.8 Å². The predicted molar refractivity (Wildman–Crippen MR) is 111 cm³/mol. The molecule has 0 aliphatic carbocycles. The Labute approximate surface area is 174 Å². The Kier molecular flexibility index (Phi) is 6.24. The summed E-state index contributed by atoms with van der Waals surface area (Å²) in [6.07, 6.45) is 1.29. The molecule has 0 fully saturated rings. The van der Waals surface area contributed by atoms with Crippen molar-refractivity contribution in [2.24, 2.45) is 5.10 Å². The summed E-state index contributed by atoms with van der Waals surface area (Å²) in [6, 6.07) is 9.97. The summed E-state index contributed by atoms with van der Waals surface area (Å²) in [5.74, 6) is -1.94. The molecule has 1 N–H and O–H groups in total. The van der Waals surface area contributed by atoms with Crippen LogP contribution in [-0.4, -0.2) is 28.3 Å². The number of aromatic carboxylic acids is 1. The highest BCUT2D eigenvalue weighted by molar-refractivity contribution is 7.14. The maximum Gasteiger partial charge on any atom is 0.336 e. The molecule has 0 bridgehead atoms. The van der Waals surface area contributed by atoms with Crippen molar-refractivity contribution in [2.45, 2.75) is 19.9 Å². The number of carboxylic acids is 1. The minimum atomic E-state index is -1.27. The smallest absolute Gasteiger partial charge is 0.336 e. The monoisotopic (exact) mass is 435 g/mol. The Morgan fingerprint density at radius 2 is 2.00 bits per heavy atom. The summed E-state index contributed by atoms with van der Waals surface area (Å²) in [7, 11) is 0. The Morgan fingerprint density at radius 3 is 2.66 bits per heavy atom. The number of thiazole rings is 1. The Balaban J connectivity index is 1.98. The van der Waals surface area contributed by atoms with E-state index in [1.54, 1.807) is 24.3 Å². The van der Waals surface area contributed by atoms with E-state index in [1.165, 1.54) is 17.3 Å². The fourth-order valence-electron chi connectivity index (χ4n) is 2.56. The van der Waals surface area contributed by atoms with E-state index < -0.39 is 16.9 Å². The number of aromatic nitrogens is 1. The molecule has 3 rings (SSSR count). The Hall–Kier alpha value is -2.84. The fraction of sp³-hybridized carbons (Fsp3) is 0.150. The zero-order chi connectivity index (χ0) is 21.1. The number of halogens is 3. The van der Waals surface area contributed by atoms with Gasteiger partial charge in [-0.25, -0.2) is 19.2 Å². The molecular formula is C20H16ClF2N3O2S. The minimum Gasteiger partial charge on any atom is -0.478 e. The SMILES string of the molecule is CC(C)N(/N=C/c1ccc(F)cc1C(=O)O)c1nc(-c2ccccc2Cl)c(F)s1. The van der Waals surface area contributed by atoms with Gasteiger partial charge in [0.2, 0.25) is 10.3 Å². The summed E-state index contributed by atoms with van der Waals surface area (Å²) in [5.41, 5.74) is 0.574. The van der Waals surface area contributed by atoms with Crippen molar-refractivity contribution in [3.63, 3.8) is 0 Å². The summed E-state index contributed by atoms with van der Waals surface area (Å²) < 4.78 is 27.9. The lowest BCUT2D eigenvalue weighted by molar-refractivity contribution is 0.0696. The van der Waals surface area contributed by atoms with Crippen molar-refractivity contribution < 1.29 is 18.7 Å². The number of hydrazone groups is 1. The van der Waals surface area contributed by atoms with Crippen molar-refractivity contribution in [2.75, 3.05) is 5.01 Å². The third-order valence-electron chi connectivity index (χ3n) is 3.96. The molecule has 0 amide bonds. The topological polar surface area (TPSA) is 65.8 Å². The van der Waals surface area contributed by atoms with Crippen molar-refractivity contribution in [1.82, 2.24) is 4.98 Å². The molecule has 0 unspecified atom stereocenters. The lowest BCUT2D eigenvalue weighted by atomic mass is 10.1. The molecule has 0 radical (unpaired) electrons. The number of hydrogen-bond acceptors (Lipinski definition) is 5. The highest BCUT2D eigenvalue weighted by Gasteiger charge is 2.21. The predicted octanol–water partition coefficient (Wildman–Crippen LogP) is 5.69. The van der Waals surface area contributed by atoms with Crippen LogP contribution in [0.5, 0.6) is 0 Å². The molecule has 0 saturated heterocycles. The second-order valence-electron chi connectivity index (χ2n) is 6.32. The molecule has 29 heavy (non-hydrogen) atoms. The van der Waals surface area contributed by atoms with Crippen LogP contribution in [0.2, 0.25) is 5.02 Å². The average molecular weight is 436 g/mol. The van der Waals surface area contributed by atoms with E-state index in [0.29, 0.717) is 10.6 Å². The van der Waals surface area contributed by atoms with Crippen LogP contribution >= 0.6 is 22.9 Å². The number of benzene rings is 2. The summed E-state index contributed by atoms with van der Waals surface area (Å²) >= 11 is 6.95. The van der Waals surface area contributed by atoms with Crippen LogP contribution in [0.3, 0.4) is 0 Å². The quantitative estimate of drug-likeness (QED) is 0.399. The van der Waals surface area contributed by atoms with Crippen LogP contribution in [-0.2, 0) is 0 Å². The van der Waals surface area contributed by atoms with Gasteiger partial charge < -0.3 is 5.11 Å². The third-order valence-corrected chi connectivity index (χ3v) is 5.12. The molecule has 1 aromatic heterocycles. The largest absolute Gasteiger partial charge is 0.478 e. The van der Waals surface area contributed by atoms with Gasteiger partial charge in [-0.05, 0) is 38.1 Å².